The molecule has 2 aliphatic rings. The first-order chi connectivity index (χ1) is 17.2. The number of phenolic OH excluding ortho intramolecular Hbond substituents is 1. The molecule has 2 N–H and O–H groups in total. The molecule has 1 aliphatic carbocycles. The number of hydrogen-bond acceptors (Lipinski definition) is 5. The van der Waals surface area contributed by atoms with Crippen molar-refractivity contribution < 1.29 is 19.4 Å². The third kappa shape index (κ3) is 5.88. The highest BCUT2D eigenvalue weighted by Gasteiger charge is 2.53. The van der Waals surface area contributed by atoms with E-state index in [1.807, 2.05) is 18.2 Å². The Labute approximate surface area is 222 Å². The van der Waals surface area contributed by atoms with Gasteiger partial charge in [-0.05, 0) is 54.8 Å². The van der Waals surface area contributed by atoms with Gasteiger partial charge in [0.05, 0.1) is 16.5 Å². The maximum Gasteiger partial charge on any atom is 0.302 e. The van der Waals surface area contributed by atoms with Crippen molar-refractivity contribution in [2.75, 3.05) is 19.6 Å². The third-order valence-corrected chi connectivity index (χ3v) is 8.19. The van der Waals surface area contributed by atoms with Crippen molar-refractivity contribution in [3.05, 3.63) is 76.3 Å². The Morgan fingerprint density at radius 1 is 1.25 bits per heavy atom. The van der Waals surface area contributed by atoms with E-state index in [1.54, 1.807) is 30.3 Å². The fourth-order valence-corrected chi connectivity index (χ4v) is 6.31. The van der Waals surface area contributed by atoms with E-state index < -0.39 is 0 Å². The highest BCUT2D eigenvalue weighted by atomic mass is 35.5. The summed E-state index contributed by atoms with van der Waals surface area (Å²) >= 11 is 12.1. The zero-order valence-corrected chi connectivity index (χ0v) is 21.9. The minimum atomic E-state index is -0.374. The highest BCUT2D eigenvalue weighted by Crippen LogP contribution is 2.50. The number of piperidine rings is 1. The van der Waals surface area contributed by atoms with Gasteiger partial charge in [-0.1, -0.05) is 47.5 Å². The summed E-state index contributed by atoms with van der Waals surface area (Å²) < 4.78 is 5.89. The van der Waals surface area contributed by atoms with E-state index >= 15 is 0 Å². The molecule has 6 nitrogen and oxygen atoms in total. The van der Waals surface area contributed by atoms with Gasteiger partial charge in [0.15, 0.2) is 0 Å². The Balaban J connectivity index is 1.63. The molecule has 192 valence electrons. The van der Waals surface area contributed by atoms with Crippen LogP contribution >= 0.6 is 23.2 Å². The number of ether oxygens (including phenoxy) is 1. The first kappa shape index (κ1) is 26.5. The number of hydrogen-bond donors (Lipinski definition) is 2. The van der Waals surface area contributed by atoms with Crippen molar-refractivity contribution in [2.45, 2.75) is 50.2 Å². The van der Waals surface area contributed by atoms with Crippen LogP contribution in [0, 0.1) is 5.92 Å². The number of nitrogens with zero attached hydrogens (tertiary/aromatic N) is 1. The van der Waals surface area contributed by atoms with Crippen LogP contribution in [0.4, 0.5) is 0 Å². The van der Waals surface area contributed by atoms with Crippen molar-refractivity contribution in [3.8, 4) is 5.75 Å². The van der Waals surface area contributed by atoms with Crippen LogP contribution in [-0.4, -0.2) is 53.7 Å². The summed E-state index contributed by atoms with van der Waals surface area (Å²) in [4.78, 5) is 27.5. The Morgan fingerprint density at radius 3 is 2.75 bits per heavy atom. The summed E-state index contributed by atoms with van der Waals surface area (Å²) in [6.45, 7) is 7.64. The lowest BCUT2D eigenvalue weighted by Gasteiger charge is -2.55. The molecule has 1 saturated carbocycles. The summed E-state index contributed by atoms with van der Waals surface area (Å²) in [5.74, 6) is -0.258. The van der Waals surface area contributed by atoms with Gasteiger partial charge >= 0.3 is 5.97 Å². The van der Waals surface area contributed by atoms with Crippen molar-refractivity contribution in [1.29, 1.82) is 0 Å². The van der Waals surface area contributed by atoms with E-state index in [0.29, 0.717) is 22.9 Å². The summed E-state index contributed by atoms with van der Waals surface area (Å²) in [6, 6.07) is 12.3. The fraction of sp³-hybridized carbons (Fsp3) is 0.429. The molecular weight excluding hydrogens is 499 g/mol. The van der Waals surface area contributed by atoms with Gasteiger partial charge in [-0.3, -0.25) is 14.5 Å². The van der Waals surface area contributed by atoms with E-state index in [-0.39, 0.29) is 47.5 Å². The number of amides is 1. The quantitative estimate of drug-likeness (QED) is 0.393. The van der Waals surface area contributed by atoms with Gasteiger partial charge in [-0.2, -0.15) is 0 Å². The predicted octanol–water partition coefficient (Wildman–Crippen LogP) is 4.90. The molecule has 0 spiro atoms. The van der Waals surface area contributed by atoms with Crippen LogP contribution < -0.4 is 5.32 Å². The first-order valence-electron chi connectivity index (χ1n) is 12.2. The maximum atomic E-state index is 13.0. The van der Waals surface area contributed by atoms with Crippen molar-refractivity contribution in [2.24, 2.45) is 5.92 Å². The number of likely N-dealkylation sites (tertiary alicyclic amines) is 1. The van der Waals surface area contributed by atoms with Crippen LogP contribution in [-0.2, 0) is 26.2 Å². The summed E-state index contributed by atoms with van der Waals surface area (Å²) in [6.07, 6.45) is 3.71. The van der Waals surface area contributed by atoms with E-state index in [1.165, 1.54) is 6.92 Å². The third-order valence-electron chi connectivity index (χ3n) is 7.45. The zero-order valence-electron chi connectivity index (χ0n) is 20.4. The van der Waals surface area contributed by atoms with Crippen LogP contribution in [0.3, 0.4) is 0 Å². The van der Waals surface area contributed by atoms with Crippen LogP contribution in [0.25, 0.3) is 0 Å². The first-order valence-corrected chi connectivity index (χ1v) is 13.0. The molecule has 0 aromatic heterocycles. The van der Waals surface area contributed by atoms with Crippen molar-refractivity contribution in [3.63, 3.8) is 0 Å². The maximum absolute atomic E-state index is 13.0. The van der Waals surface area contributed by atoms with Crippen LogP contribution in [0.5, 0.6) is 5.75 Å². The Morgan fingerprint density at radius 2 is 2.06 bits per heavy atom. The van der Waals surface area contributed by atoms with E-state index in [9.17, 15) is 14.7 Å². The van der Waals surface area contributed by atoms with Gasteiger partial charge in [0.2, 0.25) is 5.91 Å². The number of nitrogens with one attached hydrogen (secondary N) is 1. The molecule has 1 amide bonds. The molecule has 36 heavy (non-hydrogen) atoms. The number of carbonyl (C=O) groups is 2. The number of esters is 1. The molecule has 2 aromatic carbocycles. The van der Waals surface area contributed by atoms with E-state index in [0.717, 1.165) is 37.2 Å². The SMILES string of the molecule is C=CCN1CC[C@@]2(c3cccc(O)c3)C[C@@H](NC(=O)Cc3ccc(Cl)c(Cl)c3)CC(OC(C)=O)[C@@H]2C1. The van der Waals surface area contributed by atoms with E-state index in [4.69, 9.17) is 27.9 Å². The van der Waals surface area contributed by atoms with E-state index in [2.05, 4.69) is 16.8 Å². The normalized spacial score (nSPS) is 26.0. The van der Waals surface area contributed by atoms with Crippen LogP contribution in [0.15, 0.2) is 55.1 Å². The van der Waals surface area contributed by atoms with Gasteiger partial charge in [0.1, 0.15) is 11.9 Å². The second kappa shape index (κ2) is 11.2. The van der Waals surface area contributed by atoms with Gasteiger partial charge in [-0.25, -0.2) is 0 Å². The lowest BCUT2D eigenvalue weighted by Crippen LogP contribution is -2.61. The minimum absolute atomic E-state index is 0.0140. The summed E-state index contributed by atoms with van der Waals surface area (Å²) in [5, 5.41) is 14.3. The number of aromatic hydroxyl groups is 1. The molecule has 1 unspecified atom stereocenters. The standard InChI is InChI=1S/C28H32Cl2N2O4/c1-3-10-32-11-9-28(20-5-4-6-22(34)14-20)16-21(15-26(23(28)17-32)36-18(2)33)31-27(35)13-19-7-8-24(29)25(30)12-19/h3-8,12,14,21,23,26,34H,1,9-11,13,15-17H2,2H3,(H,31,35)/t21-,23-,26?,28-/m0/s1. The topological polar surface area (TPSA) is 78.9 Å². The smallest absolute Gasteiger partial charge is 0.302 e. The minimum Gasteiger partial charge on any atom is -0.508 e. The molecule has 4 rings (SSSR count). The summed E-state index contributed by atoms with van der Waals surface area (Å²) in [7, 11) is 0. The van der Waals surface area contributed by atoms with Gasteiger partial charge in [0, 0.05) is 43.8 Å². The monoisotopic (exact) mass is 530 g/mol. The molecule has 1 aliphatic heterocycles. The van der Waals surface area contributed by atoms with Crippen molar-refractivity contribution >= 4 is 35.1 Å². The second-order valence-corrected chi connectivity index (χ2v) is 10.7. The average Bonchev–Trinajstić information content (AvgIpc) is 2.81. The molecular formula is C28H32Cl2N2O4. The highest BCUT2D eigenvalue weighted by molar-refractivity contribution is 6.42. The van der Waals surface area contributed by atoms with Crippen LogP contribution in [0.2, 0.25) is 10.0 Å². The number of carbonyl (C=O) groups excluding carboxylic acids is 2. The molecule has 2 fully saturated rings. The van der Waals surface area contributed by atoms with Gasteiger partial charge in [-0.15, -0.1) is 6.58 Å². The Bertz CT molecular complexity index is 1140. The lowest BCUT2D eigenvalue weighted by molar-refractivity contribution is -0.157. The zero-order chi connectivity index (χ0) is 25.9. The molecule has 0 bridgehead atoms. The number of rotatable bonds is 7. The molecule has 1 saturated heterocycles. The Kier molecular flexibility index (Phi) is 8.28. The molecule has 2 aromatic rings. The second-order valence-electron chi connectivity index (χ2n) is 9.89. The largest absolute Gasteiger partial charge is 0.508 e. The van der Waals surface area contributed by atoms with Gasteiger partial charge < -0.3 is 15.2 Å². The van der Waals surface area contributed by atoms with Gasteiger partial charge in [0.25, 0.3) is 0 Å². The molecule has 0 radical (unpaired) electrons. The van der Waals surface area contributed by atoms with Crippen molar-refractivity contribution in [1.82, 2.24) is 10.2 Å². The fourth-order valence-electron chi connectivity index (χ4n) is 5.99. The number of benzene rings is 2. The average molecular weight is 531 g/mol. The molecule has 8 heteroatoms. The number of halogens is 2. The number of fused-ring (bicyclic) bond motifs is 1. The lowest BCUT2D eigenvalue weighted by atomic mass is 9.57. The van der Waals surface area contributed by atoms with Crippen LogP contribution in [0.1, 0.15) is 37.3 Å². The Hall–Kier alpha value is -2.54. The molecule has 1 heterocycles. The predicted molar refractivity (Wildman–Crippen MR) is 141 cm³/mol. The molecule has 4 atom stereocenters. The number of phenols is 1. The summed E-state index contributed by atoms with van der Waals surface area (Å²) in [5.41, 5.74) is 1.41.